The van der Waals surface area contributed by atoms with Gasteiger partial charge in [-0.15, -0.1) is 0 Å². The van der Waals surface area contributed by atoms with Gasteiger partial charge < -0.3 is 15.8 Å². The summed E-state index contributed by atoms with van der Waals surface area (Å²) >= 11 is 0. The van der Waals surface area contributed by atoms with Crippen molar-refractivity contribution in [2.45, 2.75) is 20.8 Å². The van der Waals surface area contributed by atoms with E-state index in [-0.39, 0.29) is 12.5 Å². The number of nitrogens with one attached hydrogen (secondary N) is 1. The Morgan fingerprint density at radius 3 is 2.52 bits per heavy atom. The third kappa shape index (κ3) is 3.99. The third-order valence-electron chi connectivity index (χ3n) is 3.21. The van der Waals surface area contributed by atoms with Crippen molar-refractivity contribution in [3.05, 3.63) is 53.1 Å². The molecule has 2 aromatic rings. The number of carbonyl (C=O) groups is 1. The van der Waals surface area contributed by atoms with Gasteiger partial charge in [0.15, 0.2) is 6.61 Å². The lowest BCUT2D eigenvalue weighted by atomic mass is 10.1. The van der Waals surface area contributed by atoms with E-state index in [2.05, 4.69) is 5.32 Å². The number of nitrogens with two attached hydrogens (primary N) is 1. The molecule has 0 aliphatic carbocycles. The first-order chi connectivity index (χ1) is 9.95. The van der Waals surface area contributed by atoms with Gasteiger partial charge >= 0.3 is 0 Å². The fourth-order valence-electron chi connectivity index (χ4n) is 2.12. The number of amides is 1. The molecule has 0 radical (unpaired) electrons. The molecule has 0 spiro atoms. The van der Waals surface area contributed by atoms with Crippen LogP contribution in [0.2, 0.25) is 0 Å². The van der Waals surface area contributed by atoms with Crippen LogP contribution >= 0.6 is 0 Å². The van der Waals surface area contributed by atoms with Crippen LogP contribution in [-0.2, 0) is 4.79 Å². The van der Waals surface area contributed by atoms with E-state index >= 15 is 0 Å². The van der Waals surface area contributed by atoms with Crippen LogP contribution < -0.4 is 15.8 Å². The van der Waals surface area contributed by atoms with Gasteiger partial charge in [-0.1, -0.05) is 17.7 Å². The molecule has 0 aliphatic rings. The summed E-state index contributed by atoms with van der Waals surface area (Å²) in [6.45, 7) is 5.86. The molecular weight excluding hydrogens is 264 g/mol. The highest BCUT2D eigenvalue weighted by molar-refractivity contribution is 5.92. The minimum atomic E-state index is -0.192. The number of hydrogen-bond donors (Lipinski definition) is 2. The number of nitrogen functional groups attached to an aromatic ring is 1. The molecule has 3 N–H and O–H groups in total. The highest BCUT2D eigenvalue weighted by Crippen LogP contribution is 2.20. The predicted octanol–water partition coefficient (Wildman–Crippen LogP) is 3.21. The van der Waals surface area contributed by atoms with Gasteiger partial charge in [-0.3, -0.25) is 4.79 Å². The first-order valence-electron chi connectivity index (χ1n) is 6.82. The number of carbonyl (C=O) groups excluding carboxylic acids is 1. The van der Waals surface area contributed by atoms with E-state index < -0.39 is 0 Å². The van der Waals surface area contributed by atoms with Gasteiger partial charge in [0.25, 0.3) is 5.91 Å². The molecule has 0 fully saturated rings. The molecule has 0 atom stereocenters. The Balaban J connectivity index is 1.96. The Labute approximate surface area is 124 Å². The number of anilines is 2. The zero-order valence-electron chi connectivity index (χ0n) is 12.6. The molecule has 0 aromatic heterocycles. The highest BCUT2D eigenvalue weighted by Gasteiger charge is 2.07. The zero-order valence-corrected chi connectivity index (χ0v) is 12.6. The maximum atomic E-state index is 11.9. The van der Waals surface area contributed by atoms with E-state index in [0.29, 0.717) is 5.69 Å². The van der Waals surface area contributed by atoms with E-state index in [1.165, 1.54) is 5.56 Å². The number of hydrogen-bond acceptors (Lipinski definition) is 3. The van der Waals surface area contributed by atoms with Crippen molar-refractivity contribution in [1.29, 1.82) is 0 Å². The fourth-order valence-corrected chi connectivity index (χ4v) is 2.12. The quantitative estimate of drug-likeness (QED) is 0.847. The second kappa shape index (κ2) is 6.31. The van der Waals surface area contributed by atoms with Crippen LogP contribution in [0.1, 0.15) is 16.7 Å². The van der Waals surface area contributed by atoms with Gasteiger partial charge in [-0.25, -0.2) is 0 Å². The fraction of sp³-hybridized carbons (Fsp3) is 0.235. The van der Waals surface area contributed by atoms with Crippen molar-refractivity contribution in [2.75, 3.05) is 17.7 Å². The summed E-state index contributed by atoms with van der Waals surface area (Å²) in [7, 11) is 0. The highest BCUT2D eigenvalue weighted by atomic mass is 16.5. The van der Waals surface area contributed by atoms with Crippen LogP contribution in [0.25, 0.3) is 0 Å². The van der Waals surface area contributed by atoms with Crippen LogP contribution in [0.3, 0.4) is 0 Å². The van der Waals surface area contributed by atoms with Gasteiger partial charge in [-0.2, -0.15) is 0 Å². The van der Waals surface area contributed by atoms with Gasteiger partial charge in [0.05, 0.1) is 0 Å². The smallest absolute Gasteiger partial charge is 0.262 e. The average Bonchev–Trinajstić information content (AvgIpc) is 2.41. The van der Waals surface area contributed by atoms with E-state index in [4.69, 9.17) is 10.5 Å². The summed E-state index contributed by atoms with van der Waals surface area (Å²) in [4.78, 5) is 11.9. The average molecular weight is 284 g/mol. The summed E-state index contributed by atoms with van der Waals surface area (Å²) < 4.78 is 5.55. The lowest BCUT2D eigenvalue weighted by Gasteiger charge is -2.11. The van der Waals surface area contributed by atoms with Crippen molar-refractivity contribution in [1.82, 2.24) is 0 Å². The number of ether oxygens (including phenoxy) is 1. The van der Waals surface area contributed by atoms with Crippen LogP contribution in [-0.4, -0.2) is 12.5 Å². The van der Waals surface area contributed by atoms with Crippen molar-refractivity contribution in [3.8, 4) is 5.75 Å². The Bertz CT molecular complexity index is 666. The summed E-state index contributed by atoms with van der Waals surface area (Å²) in [6, 6.07) is 11.2. The molecular formula is C17H20N2O2. The first kappa shape index (κ1) is 14.9. The van der Waals surface area contributed by atoms with Crippen LogP contribution in [0.5, 0.6) is 5.75 Å². The SMILES string of the molecule is Cc1ccc(OCC(=O)Nc2ccc(N)cc2C)c(C)c1. The Morgan fingerprint density at radius 2 is 1.86 bits per heavy atom. The first-order valence-corrected chi connectivity index (χ1v) is 6.82. The number of aryl methyl sites for hydroxylation is 3. The minimum Gasteiger partial charge on any atom is -0.483 e. The lowest BCUT2D eigenvalue weighted by Crippen LogP contribution is -2.21. The molecule has 4 heteroatoms. The van der Waals surface area contributed by atoms with Gasteiger partial charge in [-0.05, 0) is 56.2 Å². The van der Waals surface area contributed by atoms with Crippen LogP contribution in [0, 0.1) is 20.8 Å². The van der Waals surface area contributed by atoms with E-state index in [1.807, 2.05) is 45.0 Å². The summed E-state index contributed by atoms with van der Waals surface area (Å²) in [6.07, 6.45) is 0. The van der Waals surface area contributed by atoms with Gasteiger partial charge in [0, 0.05) is 11.4 Å². The largest absolute Gasteiger partial charge is 0.483 e. The molecule has 2 aromatic carbocycles. The van der Waals surface area contributed by atoms with Crippen LogP contribution in [0.15, 0.2) is 36.4 Å². The Hall–Kier alpha value is -2.49. The summed E-state index contributed by atoms with van der Waals surface area (Å²) in [5.74, 6) is 0.535. The second-order valence-corrected chi connectivity index (χ2v) is 5.18. The molecule has 110 valence electrons. The Kier molecular flexibility index (Phi) is 4.48. The molecule has 0 aliphatic heterocycles. The molecule has 2 rings (SSSR count). The number of rotatable bonds is 4. The third-order valence-corrected chi connectivity index (χ3v) is 3.21. The number of benzene rings is 2. The van der Waals surface area contributed by atoms with Crippen molar-refractivity contribution >= 4 is 17.3 Å². The maximum Gasteiger partial charge on any atom is 0.262 e. The molecule has 4 nitrogen and oxygen atoms in total. The summed E-state index contributed by atoms with van der Waals surface area (Å²) in [5.41, 5.74) is 10.2. The molecule has 21 heavy (non-hydrogen) atoms. The lowest BCUT2D eigenvalue weighted by molar-refractivity contribution is -0.118. The standard InChI is InChI=1S/C17H20N2O2/c1-11-4-7-16(13(3)8-11)21-10-17(20)19-15-6-5-14(18)9-12(15)2/h4-9H,10,18H2,1-3H3,(H,19,20). The van der Waals surface area contributed by atoms with Gasteiger partial charge in [0.1, 0.15) is 5.75 Å². The minimum absolute atomic E-state index is 0.0201. The van der Waals surface area contributed by atoms with Gasteiger partial charge in [0.2, 0.25) is 0 Å². The topological polar surface area (TPSA) is 64.3 Å². The molecule has 0 saturated heterocycles. The second-order valence-electron chi connectivity index (χ2n) is 5.18. The van der Waals surface area contributed by atoms with Crippen molar-refractivity contribution in [3.63, 3.8) is 0 Å². The zero-order chi connectivity index (χ0) is 15.4. The molecule has 0 saturated carbocycles. The van der Waals surface area contributed by atoms with Crippen LogP contribution in [0.4, 0.5) is 11.4 Å². The van der Waals surface area contributed by atoms with E-state index in [9.17, 15) is 4.79 Å². The van der Waals surface area contributed by atoms with Crippen molar-refractivity contribution < 1.29 is 9.53 Å². The molecule has 0 heterocycles. The van der Waals surface area contributed by atoms with E-state index in [0.717, 1.165) is 22.6 Å². The molecule has 0 bridgehead atoms. The van der Waals surface area contributed by atoms with Crippen molar-refractivity contribution in [2.24, 2.45) is 0 Å². The predicted molar refractivity (Wildman–Crippen MR) is 85.6 cm³/mol. The summed E-state index contributed by atoms with van der Waals surface area (Å²) in [5, 5.41) is 2.82. The Morgan fingerprint density at radius 1 is 1.10 bits per heavy atom. The maximum absolute atomic E-state index is 11.9. The monoisotopic (exact) mass is 284 g/mol. The molecule has 0 unspecified atom stereocenters. The normalized spacial score (nSPS) is 10.2. The molecule has 1 amide bonds. The van der Waals surface area contributed by atoms with E-state index in [1.54, 1.807) is 12.1 Å².